The van der Waals surface area contributed by atoms with Crippen molar-refractivity contribution >= 4 is 11.6 Å². The Balaban J connectivity index is 1.58. The molecule has 1 unspecified atom stereocenters. The van der Waals surface area contributed by atoms with Crippen molar-refractivity contribution in [3.8, 4) is 57.5 Å². The number of fused-ring (bicyclic) bond motifs is 2. The van der Waals surface area contributed by atoms with Gasteiger partial charge in [0.25, 0.3) is 0 Å². The molecular weight excluding hydrogens is 552 g/mol. The number of phenols is 8. The summed E-state index contributed by atoms with van der Waals surface area (Å²) in [5, 5.41) is 82.2. The first kappa shape index (κ1) is 26.4. The predicted octanol–water partition coefficient (Wildman–Crippen LogP) is 4.14. The number of aromatic hydroxyl groups is 8. The summed E-state index contributed by atoms with van der Waals surface area (Å²) in [7, 11) is 0. The second-order valence-corrected chi connectivity index (χ2v) is 9.98. The zero-order valence-electron chi connectivity index (χ0n) is 21.3. The Kier molecular flexibility index (Phi) is 5.92. The second-order valence-electron chi connectivity index (χ2n) is 9.98. The van der Waals surface area contributed by atoms with E-state index in [2.05, 4.69) is 0 Å². The number of phenolic OH excluding ortho intramolecular Hbond substituents is 8. The topological polar surface area (TPSA) is 214 Å². The third-order valence-corrected chi connectivity index (χ3v) is 7.35. The number of Topliss-reactive ketones (excluding diaryl/α,β-unsaturated/α-hetero) is 2. The van der Waals surface area contributed by atoms with Crippen molar-refractivity contribution < 1.29 is 59.9 Å². The van der Waals surface area contributed by atoms with Crippen molar-refractivity contribution in [3.63, 3.8) is 0 Å². The molecule has 0 saturated carbocycles. The molecule has 2 heterocycles. The van der Waals surface area contributed by atoms with E-state index in [9.17, 15) is 50.4 Å². The van der Waals surface area contributed by atoms with E-state index < -0.39 is 75.7 Å². The van der Waals surface area contributed by atoms with Crippen LogP contribution >= 0.6 is 0 Å². The zero-order chi connectivity index (χ0) is 30.0. The van der Waals surface area contributed by atoms with Gasteiger partial charge in [0.1, 0.15) is 57.8 Å². The molecule has 0 aromatic heterocycles. The number of carbonyl (C=O) groups excluding carboxylic acids is 2. The van der Waals surface area contributed by atoms with Gasteiger partial charge in [-0.1, -0.05) is 12.1 Å². The van der Waals surface area contributed by atoms with Crippen LogP contribution in [0, 0.1) is 0 Å². The fourth-order valence-electron chi connectivity index (χ4n) is 5.41. The van der Waals surface area contributed by atoms with Gasteiger partial charge in [0, 0.05) is 18.2 Å². The lowest BCUT2D eigenvalue weighted by Crippen LogP contribution is -2.32. The molecule has 12 nitrogen and oxygen atoms in total. The van der Waals surface area contributed by atoms with E-state index in [-0.39, 0.29) is 45.7 Å². The molecule has 214 valence electrons. The molecule has 12 heteroatoms. The molecule has 42 heavy (non-hydrogen) atoms. The van der Waals surface area contributed by atoms with Crippen molar-refractivity contribution in [3.05, 3.63) is 82.4 Å². The summed E-state index contributed by atoms with van der Waals surface area (Å²) >= 11 is 0. The Bertz CT molecular complexity index is 1810. The first-order valence-corrected chi connectivity index (χ1v) is 12.5. The van der Waals surface area contributed by atoms with Crippen LogP contribution in [-0.4, -0.2) is 52.4 Å². The number of hydrogen-bond acceptors (Lipinski definition) is 12. The Morgan fingerprint density at radius 3 is 1.88 bits per heavy atom. The number of benzene rings is 4. The molecule has 2 aliphatic heterocycles. The van der Waals surface area contributed by atoms with Crippen molar-refractivity contribution in [1.82, 2.24) is 0 Å². The van der Waals surface area contributed by atoms with Crippen LogP contribution in [0.3, 0.4) is 0 Å². The van der Waals surface area contributed by atoms with Crippen LogP contribution in [0.4, 0.5) is 0 Å². The second kappa shape index (κ2) is 9.41. The first-order valence-electron chi connectivity index (χ1n) is 12.5. The maximum Gasteiger partial charge on any atom is 0.182 e. The molecule has 0 amide bonds. The Labute approximate surface area is 236 Å². The standard InChI is InChI=1S/C30H22O12/c31-13-7-18(36)25-23(8-13)42-29(12-2-4-15(33)17(35)6-12)27(28(25)40)26-20(38)9-19(37)24-21(39)10-22(41-30(24)26)11-1-3-14(32)16(34)5-11/h1-9,22,27,29,31-38H,10H2/t22?,27-,29+/m1/s1. The average molecular weight is 574 g/mol. The van der Waals surface area contributed by atoms with Crippen molar-refractivity contribution in [1.29, 1.82) is 0 Å². The molecule has 3 atom stereocenters. The van der Waals surface area contributed by atoms with Gasteiger partial charge in [0.05, 0.1) is 17.9 Å². The number of carbonyl (C=O) groups is 2. The molecule has 8 N–H and O–H groups in total. The third-order valence-electron chi connectivity index (χ3n) is 7.35. The quantitative estimate of drug-likeness (QED) is 0.162. The average Bonchev–Trinajstić information content (AvgIpc) is 2.91. The lowest BCUT2D eigenvalue weighted by atomic mass is 9.78. The van der Waals surface area contributed by atoms with Gasteiger partial charge in [0.2, 0.25) is 0 Å². The Morgan fingerprint density at radius 2 is 1.21 bits per heavy atom. The highest BCUT2D eigenvalue weighted by Gasteiger charge is 2.46. The van der Waals surface area contributed by atoms with Gasteiger partial charge in [0.15, 0.2) is 34.6 Å². The molecule has 0 fully saturated rings. The van der Waals surface area contributed by atoms with Crippen LogP contribution in [-0.2, 0) is 0 Å². The molecule has 0 aliphatic carbocycles. The minimum Gasteiger partial charge on any atom is -0.508 e. The minimum atomic E-state index is -1.56. The van der Waals surface area contributed by atoms with Gasteiger partial charge in [-0.15, -0.1) is 0 Å². The summed E-state index contributed by atoms with van der Waals surface area (Å²) in [6.07, 6.45) is -2.76. The van der Waals surface area contributed by atoms with E-state index in [1.807, 2.05) is 0 Å². The summed E-state index contributed by atoms with van der Waals surface area (Å²) in [5.74, 6) is -7.83. The highest BCUT2D eigenvalue weighted by atomic mass is 16.5. The molecule has 2 aliphatic rings. The van der Waals surface area contributed by atoms with E-state index in [4.69, 9.17) is 9.47 Å². The van der Waals surface area contributed by atoms with E-state index in [0.717, 1.165) is 30.3 Å². The van der Waals surface area contributed by atoms with E-state index in [0.29, 0.717) is 0 Å². The normalized spacial score (nSPS) is 19.4. The van der Waals surface area contributed by atoms with Crippen LogP contribution in [0.15, 0.2) is 54.6 Å². The SMILES string of the molecule is O=C1CC(c2ccc(O)c(O)c2)Oc2c1c(O)cc(O)c2[C@@H]1C(=O)c2c(O)cc(O)cc2O[C@H]1c1ccc(O)c(O)c1. The smallest absolute Gasteiger partial charge is 0.182 e. The Hall–Kier alpha value is -5.78. The molecule has 0 bridgehead atoms. The molecular formula is C30H22O12. The van der Waals surface area contributed by atoms with Gasteiger partial charge >= 0.3 is 0 Å². The van der Waals surface area contributed by atoms with E-state index >= 15 is 0 Å². The van der Waals surface area contributed by atoms with Gasteiger partial charge < -0.3 is 50.3 Å². The molecule has 0 radical (unpaired) electrons. The number of rotatable bonds is 3. The fraction of sp³-hybridized carbons (Fsp3) is 0.133. The summed E-state index contributed by atoms with van der Waals surface area (Å²) in [5.41, 5.74) is -0.573. The van der Waals surface area contributed by atoms with E-state index in [1.165, 1.54) is 24.3 Å². The van der Waals surface area contributed by atoms with Gasteiger partial charge in [-0.25, -0.2) is 0 Å². The summed E-state index contributed by atoms with van der Waals surface area (Å²) in [6, 6.07) is 10.3. The lowest BCUT2D eigenvalue weighted by Gasteiger charge is -2.36. The highest BCUT2D eigenvalue weighted by molar-refractivity contribution is 6.09. The largest absolute Gasteiger partial charge is 0.508 e. The van der Waals surface area contributed by atoms with Crippen molar-refractivity contribution in [2.45, 2.75) is 24.5 Å². The molecule has 6 rings (SSSR count). The fourth-order valence-corrected chi connectivity index (χ4v) is 5.41. The van der Waals surface area contributed by atoms with Crippen LogP contribution < -0.4 is 9.47 Å². The van der Waals surface area contributed by atoms with Gasteiger partial charge in [-0.3, -0.25) is 9.59 Å². The number of ether oxygens (including phenoxy) is 2. The maximum atomic E-state index is 14.1. The maximum absolute atomic E-state index is 14.1. The van der Waals surface area contributed by atoms with Crippen LogP contribution in [0.1, 0.15) is 62.0 Å². The predicted molar refractivity (Wildman–Crippen MR) is 142 cm³/mol. The molecule has 4 aromatic rings. The summed E-state index contributed by atoms with van der Waals surface area (Å²) in [6.45, 7) is 0. The van der Waals surface area contributed by atoms with Crippen molar-refractivity contribution in [2.24, 2.45) is 0 Å². The monoisotopic (exact) mass is 574 g/mol. The molecule has 0 saturated heterocycles. The summed E-state index contributed by atoms with van der Waals surface area (Å²) < 4.78 is 12.2. The van der Waals surface area contributed by atoms with Crippen LogP contribution in [0.25, 0.3) is 0 Å². The lowest BCUT2D eigenvalue weighted by molar-refractivity contribution is 0.0738. The van der Waals surface area contributed by atoms with Crippen molar-refractivity contribution in [2.75, 3.05) is 0 Å². The van der Waals surface area contributed by atoms with Gasteiger partial charge in [-0.2, -0.15) is 0 Å². The van der Waals surface area contributed by atoms with E-state index in [1.54, 1.807) is 0 Å². The number of hydrogen-bond donors (Lipinski definition) is 8. The number of ketones is 2. The molecule has 4 aromatic carbocycles. The zero-order valence-corrected chi connectivity index (χ0v) is 21.3. The van der Waals surface area contributed by atoms with Crippen LogP contribution in [0.5, 0.6) is 57.5 Å². The highest BCUT2D eigenvalue weighted by Crippen LogP contribution is 2.55. The third kappa shape index (κ3) is 4.08. The summed E-state index contributed by atoms with van der Waals surface area (Å²) in [4.78, 5) is 27.4. The Morgan fingerprint density at radius 1 is 0.595 bits per heavy atom. The van der Waals surface area contributed by atoms with Gasteiger partial charge in [-0.05, 0) is 35.4 Å². The minimum absolute atomic E-state index is 0.125. The first-order chi connectivity index (χ1) is 19.9. The van der Waals surface area contributed by atoms with Crippen LogP contribution in [0.2, 0.25) is 0 Å². The molecule has 0 spiro atoms.